The van der Waals surface area contributed by atoms with Crippen LogP contribution in [0.25, 0.3) is 5.65 Å². The maximum absolute atomic E-state index is 9.07. The van der Waals surface area contributed by atoms with Gasteiger partial charge in [0, 0.05) is 11.8 Å². The van der Waals surface area contributed by atoms with Crippen LogP contribution in [-0.4, -0.2) is 20.3 Å². The molecule has 5 nitrogen and oxygen atoms in total. The van der Waals surface area contributed by atoms with Crippen molar-refractivity contribution in [3.8, 4) is 5.88 Å². The van der Waals surface area contributed by atoms with Crippen LogP contribution in [0.4, 0.5) is 0 Å². The number of rotatable bonds is 1. The second kappa shape index (κ2) is 2.48. The van der Waals surface area contributed by atoms with Gasteiger partial charge in [-0.2, -0.15) is 4.98 Å². The second-order valence-electron chi connectivity index (χ2n) is 2.69. The van der Waals surface area contributed by atoms with E-state index >= 15 is 0 Å². The van der Waals surface area contributed by atoms with Gasteiger partial charge in [0.05, 0.1) is 6.20 Å². The highest BCUT2D eigenvalue weighted by molar-refractivity contribution is 5.95. The first-order valence-electron chi connectivity index (χ1n) is 3.69. The zero-order chi connectivity index (χ0) is 9.42. The largest absolute Gasteiger partial charge is 0.492 e. The minimum Gasteiger partial charge on any atom is -0.492 e. The molecule has 0 aliphatic rings. The van der Waals surface area contributed by atoms with E-state index < -0.39 is 0 Å². The summed E-state index contributed by atoms with van der Waals surface area (Å²) in [5.41, 5.74) is 6.47. The van der Waals surface area contributed by atoms with Crippen molar-refractivity contribution in [1.82, 2.24) is 9.38 Å². The molecule has 2 rings (SSSR count). The number of nitrogens with one attached hydrogen (secondary N) is 1. The van der Waals surface area contributed by atoms with Crippen LogP contribution in [0.2, 0.25) is 0 Å². The van der Waals surface area contributed by atoms with Crippen molar-refractivity contribution in [1.29, 1.82) is 5.41 Å². The average molecular weight is 176 g/mol. The number of pyridine rings is 1. The average Bonchev–Trinajstić information content (AvgIpc) is 2.42. The van der Waals surface area contributed by atoms with E-state index in [1.54, 1.807) is 22.7 Å². The molecule has 0 saturated heterocycles. The molecular formula is C8H8N4O. The second-order valence-corrected chi connectivity index (χ2v) is 2.69. The van der Waals surface area contributed by atoms with Crippen LogP contribution in [0.5, 0.6) is 5.88 Å². The molecule has 0 amide bonds. The molecule has 2 heterocycles. The quantitative estimate of drug-likeness (QED) is 0.432. The van der Waals surface area contributed by atoms with E-state index in [1.165, 1.54) is 6.20 Å². The Morgan fingerprint density at radius 2 is 2.38 bits per heavy atom. The molecule has 0 saturated carbocycles. The fraction of sp³-hybridized carbons (Fsp3) is 0. The number of hydrogen-bond acceptors (Lipinski definition) is 3. The standard InChI is InChI=1S/C8H8N4O/c9-8(10)5-1-2-12-4-7(13)11-6(12)3-5/h1-4,13H,(H3,9,10). The van der Waals surface area contributed by atoms with E-state index in [-0.39, 0.29) is 11.7 Å². The molecule has 5 heteroatoms. The summed E-state index contributed by atoms with van der Waals surface area (Å²) in [5.74, 6) is -0.0503. The molecular weight excluding hydrogens is 168 g/mol. The Hall–Kier alpha value is -2.04. The molecule has 66 valence electrons. The molecule has 0 unspecified atom stereocenters. The Morgan fingerprint density at radius 3 is 3.08 bits per heavy atom. The van der Waals surface area contributed by atoms with Gasteiger partial charge in [0.2, 0.25) is 5.88 Å². The lowest BCUT2D eigenvalue weighted by Gasteiger charge is -1.97. The van der Waals surface area contributed by atoms with Gasteiger partial charge >= 0.3 is 0 Å². The van der Waals surface area contributed by atoms with E-state index in [1.807, 2.05) is 0 Å². The predicted molar refractivity (Wildman–Crippen MR) is 47.9 cm³/mol. The minimum absolute atomic E-state index is 0.00927. The van der Waals surface area contributed by atoms with E-state index in [2.05, 4.69) is 4.98 Å². The molecule has 0 aliphatic heterocycles. The van der Waals surface area contributed by atoms with Crippen LogP contribution in [0, 0.1) is 5.41 Å². The summed E-state index contributed by atoms with van der Waals surface area (Å²) in [7, 11) is 0. The number of hydrogen-bond donors (Lipinski definition) is 3. The summed E-state index contributed by atoms with van der Waals surface area (Å²) in [5, 5.41) is 16.3. The lowest BCUT2D eigenvalue weighted by atomic mass is 10.2. The van der Waals surface area contributed by atoms with Crippen molar-refractivity contribution < 1.29 is 5.11 Å². The van der Waals surface area contributed by atoms with Gasteiger partial charge in [-0.25, -0.2) is 0 Å². The highest BCUT2D eigenvalue weighted by atomic mass is 16.3. The number of fused-ring (bicyclic) bond motifs is 1. The van der Waals surface area contributed by atoms with Crippen LogP contribution < -0.4 is 5.73 Å². The molecule has 2 aromatic rings. The molecule has 0 radical (unpaired) electrons. The number of nitrogens with zero attached hydrogens (tertiary/aromatic N) is 2. The van der Waals surface area contributed by atoms with Crippen molar-refractivity contribution in [2.45, 2.75) is 0 Å². The molecule has 0 aromatic carbocycles. The number of aromatic hydroxyl groups is 1. The molecule has 0 fully saturated rings. The van der Waals surface area contributed by atoms with Crippen molar-refractivity contribution in [3.05, 3.63) is 30.1 Å². The van der Waals surface area contributed by atoms with Crippen LogP contribution in [0.1, 0.15) is 5.56 Å². The van der Waals surface area contributed by atoms with Gasteiger partial charge in [-0.15, -0.1) is 0 Å². The first-order valence-corrected chi connectivity index (χ1v) is 3.69. The van der Waals surface area contributed by atoms with Crippen LogP contribution >= 0.6 is 0 Å². The van der Waals surface area contributed by atoms with Gasteiger partial charge in [0.15, 0.2) is 0 Å². The van der Waals surface area contributed by atoms with Crippen LogP contribution in [-0.2, 0) is 0 Å². The number of imidazole rings is 1. The molecule has 0 bridgehead atoms. The molecule has 4 N–H and O–H groups in total. The Labute approximate surface area is 74.0 Å². The number of nitrogen functional groups attached to an aromatic ring is 1. The van der Waals surface area contributed by atoms with Gasteiger partial charge in [-0.05, 0) is 12.1 Å². The maximum Gasteiger partial charge on any atom is 0.230 e. The molecule has 13 heavy (non-hydrogen) atoms. The Kier molecular flexibility index (Phi) is 1.45. The third-order valence-corrected chi connectivity index (χ3v) is 1.76. The summed E-state index contributed by atoms with van der Waals surface area (Å²) in [6.07, 6.45) is 3.18. The van der Waals surface area contributed by atoms with Crippen LogP contribution in [0.15, 0.2) is 24.5 Å². The van der Waals surface area contributed by atoms with E-state index in [0.29, 0.717) is 11.2 Å². The minimum atomic E-state index is -0.0410. The van der Waals surface area contributed by atoms with Crippen molar-refractivity contribution in [3.63, 3.8) is 0 Å². The van der Waals surface area contributed by atoms with Gasteiger partial charge in [-0.1, -0.05) is 0 Å². The smallest absolute Gasteiger partial charge is 0.230 e. The zero-order valence-electron chi connectivity index (χ0n) is 6.73. The number of amidine groups is 1. The van der Waals surface area contributed by atoms with Gasteiger partial charge in [0.25, 0.3) is 0 Å². The zero-order valence-corrected chi connectivity index (χ0v) is 6.73. The fourth-order valence-electron chi connectivity index (χ4n) is 1.14. The van der Waals surface area contributed by atoms with Crippen LogP contribution in [0.3, 0.4) is 0 Å². The lowest BCUT2D eigenvalue weighted by Crippen LogP contribution is -2.11. The van der Waals surface area contributed by atoms with Crippen molar-refractivity contribution in [2.24, 2.45) is 5.73 Å². The first kappa shape index (κ1) is 7.60. The fourth-order valence-corrected chi connectivity index (χ4v) is 1.14. The number of nitrogens with two attached hydrogens (primary N) is 1. The molecule has 0 spiro atoms. The normalized spacial score (nSPS) is 10.5. The number of aromatic nitrogens is 2. The Balaban J connectivity index is 2.67. The van der Waals surface area contributed by atoms with Crippen molar-refractivity contribution in [2.75, 3.05) is 0 Å². The summed E-state index contributed by atoms with van der Waals surface area (Å²) in [6.45, 7) is 0. The molecule has 2 aromatic heterocycles. The first-order chi connectivity index (χ1) is 6.16. The van der Waals surface area contributed by atoms with Gasteiger partial charge in [0.1, 0.15) is 11.5 Å². The Bertz CT molecular complexity index is 474. The maximum atomic E-state index is 9.07. The summed E-state index contributed by atoms with van der Waals surface area (Å²) in [6, 6.07) is 3.33. The third-order valence-electron chi connectivity index (χ3n) is 1.76. The lowest BCUT2D eigenvalue weighted by molar-refractivity contribution is 0.457. The summed E-state index contributed by atoms with van der Waals surface area (Å²) in [4.78, 5) is 3.82. The van der Waals surface area contributed by atoms with Gasteiger partial charge in [-0.3, -0.25) is 5.41 Å². The van der Waals surface area contributed by atoms with E-state index in [0.717, 1.165) is 0 Å². The van der Waals surface area contributed by atoms with Crippen molar-refractivity contribution >= 4 is 11.5 Å². The summed E-state index contributed by atoms with van der Waals surface area (Å²) >= 11 is 0. The Morgan fingerprint density at radius 1 is 1.62 bits per heavy atom. The van der Waals surface area contributed by atoms with E-state index in [9.17, 15) is 0 Å². The highest BCUT2D eigenvalue weighted by Gasteiger charge is 2.01. The third kappa shape index (κ3) is 1.20. The van der Waals surface area contributed by atoms with E-state index in [4.69, 9.17) is 16.2 Å². The van der Waals surface area contributed by atoms with Gasteiger partial charge < -0.3 is 15.2 Å². The SMILES string of the molecule is N=C(N)c1ccn2cc(O)nc2c1. The topological polar surface area (TPSA) is 87.4 Å². The summed E-state index contributed by atoms with van der Waals surface area (Å²) < 4.78 is 1.65. The predicted octanol–water partition coefficient (Wildman–Crippen LogP) is 0.324. The monoisotopic (exact) mass is 176 g/mol. The highest BCUT2D eigenvalue weighted by Crippen LogP contribution is 2.11. The molecule has 0 atom stereocenters. The molecule has 0 aliphatic carbocycles.